The van der Waals surface area contributed by atoms with Gasteiger partial charge < -0.3 is 5.32 Å². The molecular formula is C5H11FN2O. The molecule has 1 atom stereocenters. The summed E-state index contributed by atoms with van der Waals surface area (Å²) >= 11 is 0. The second-order valence-corrected chi connectivity index (χ2v) is 2.23. The van der Waals surface area contributed by atoms with E-state index in [0.717, 1.165) is 13.1 Å². The zero-order valence-corrected chi connectivity index (χ0v) is 5.43. The first-order valence-electron chi connectivity index (χ1n) is 3.03. The normalized spacial score (nSPS) is 30.7. The van der Waals surface area contributed by atoms with E-state index in [1.807, 2.05) is 11.9 Å². The number of piperazine rings is 1. The SMILES string of the molecule is CN1CCNCC1OF. The number of rotatable bonds is 1. The van der Waals surface area contributed by atoms with E-state index in [0.29, 0.717) is 6.54 Å². The highest BCUT2D eigenvalue weighted by Crippen LogP contribution is 2.00. The fourth-order valence-corrected chi connectivity index (χ4v) is 0.880. The first-order valence-corrected chi connectivity index (χ1v) is 3.03. The van der Waals surface area contributed by atoms with Crippen LogP contribution in [0.2, 0.25) is 0 Å². The molecule has 0 amide bonds. The third-order valence-corrected chi connectivity index (χ3v) is 1.55. The van der Waals surface area contributed by atoms with Crippen molar-refractivity contribution >= 4 is 0 Å². The summed E-state index contributed by atoms with van der Waals surface area (Å²) in [7, 11) is 1.84. The number of hydrogen-bond acceptors (Lipinski definition) is 3. The van der Waals surface area contributed by atoms with Crippen molar-refractivity contribution < 1.29 is 9.47 Å². The van der Waals surface area contributed by atoms with Gasteiger partial charge in [-0.15, -0.1) is 0 Å². The van der Waals surface area contributed by atoms with Gasteiger partial charge in [0.1, 0.15) is 0 Å². The molecule has 1 aliphatic heterocycles. The van der Waals surface area contributed by atoms with Gasteiger partial charge in [-0.1, -0.05) is 0 Å². The topological polar surface area (TPSA) is 24.5 Å². The highest BCUT2D eigenvalue weighted by atomic mass is 19.3. The molecule has 9 heavy (non-hydrogen) atoms. The monoisotopic (exact) mass is 134 g/mol. The Kier molecular flexibility index (Phi) is 2.38. The predicted molar refractivity (Wildman–Crippen MR) is 31.5 cm³/mol. The number of halogens is 1. The lowest BCUT2D eigenvalue weighted by molar-refractivity contribution is -0.227. The summed E-state index contributed by atoms with van der Waals surface area (Å²) in [5.74, 6) is 0. The highest BCUT2D eigenvalue weighted by molar-refractivity contribution is 4.67. The molecule has 0 aromatic carbocycles. The fraction of sp³-hybridized carbons (Fsp3) is 1.00. The summed E-state index contributed by atoms with van der Waals surface area (Å²) in [6.07, 6.45) is -0.390. The molecule has 1 fully saturated rings. The molecule has 0 aromatic heterocycles. The number of likely N-dealkylation sites (N-methyl/N-ethyl adjacent to an activating group) is 1. The van der Waals surface area contributed by atoms with Crippen LogP contribution in [0.5, 0.6) is 0 Å². The van der Waals surface area contributed by atoms with E-state index in [1.165, 1.54) is 0 Å². The summed E-state index contributed by atoms with van der Waals surface area (Å²) in [5.41, 5.74) is 0. The zero-order valence-electron chi connectivity index (χ0n) is 5.43. The first-order chi connectivity index (χ1) is 4.34. The number of hydrogen-bond donors (Lipinski definition) is 1. The van der Waals surface area contributed by atoms with E-state index in [2.05, 4.69) is 10.3 Å². The Balaban J connectivity index is 2.30. The minimum atomic E-state index is -0.390. The predicted octanol–water partition coefficient (Wildman–Crippen LogP) is -0.251. The van der Waals surface area contributed by atoms with Crippen molar-refractivity contribution in [3.63, 3.8) is 0 Å². The molecule has 1 aliphatic rings. The van der Waals surface area contributed by atoms with Crippen molar-refractivity contribution in [1.82, 2.24) is 10.2 Å². The van der Waals surface area contributed by atoms with Crippen LogP contribution >= 0.6 is 0 Å². The maximum absolute atomic E-state index is 11.5. The van der Waals surface area contributed by atoms with Crippen LogP contribution in [-0.2, 0) is 4.94 Å². The van der Waals surface area contributed by atoms with Crippen molar-refractivity contribution in [3.8, 4) is 0 Å². The molecule has 54 valence electrons. The van der Waals surface area contributed by atoms with Crippen LogP contribution in [0.4, 0.5) is 4.53 Å². The average Bonchev–Trinajstić information content (AvgIpc) is 1.89. The molecule has 1 unspecified atom stereocenters. The quantitative estimate of drug-likeness (QED) is 0.535. The molecule has 0 aromatic rings. The number of nitrogens with zero attached hydrogens (tertiary/aromatic N) is 1. The van der Waals surface area contributed by atoms with Gasteiger partial charge in [0.2, 0.25) is 0 Å². The third kappa shape index (κ3) is 1.61. The van der Waals surface area contributed by atoms with E-state index < -0.39 is 6.23 Å². The number of nitrogens with one attached hydrogen (secondary N) is 1. The minimum absolute atomic E-state index is 0.390. The van der Waals surface area contributed by atoms with Crippen LogP contribution in [0.15, 0.2) is 0 Å². The van der Waals surface area contributed by atoms with E-state index >= 15 is 0 Å². The van der Waals surface area contributed by atoms with Crippen LogP contribution in [0.3, 0.4) is 0 Å². The molecule has 1 saturated heterocycles. The van der Waals surface area contributed by atoms with Gasteiger partial charge in [0.15, 0.2) is 6.23 Å². The summed E-state index contributed by atoms with van der Waals surface area (Å²) in [5, 5.41) is 3.01. The third-order valence-electron chi connectivity index (χ3n) is 1.55. The smallest absolute Gasteiger partial charge is 0.163 e. The Hall–Kier alpha value is -0.190. The summed E-state index contributed by atoms with van der Waals surface area (Å²) in [4.78, 5) is 5.50. The van der Waals surface area contributed by atoms with Crippen LogP contribution in [0, 0.1) is 0 Å². The summed E-state index contributed by atoms with van der Waals surface area (Å²) < 4.78 is 11.5. The van der Waals surface area contributed by atoms with Gasteiger partial charge in [0.25, 0.3) is 0 Å². The Morgan fingerprint density at radius 3 is 3.00 bits per heavy atom. The Labute approximate surface area is 53.7 Å². The van der Waals surface area contributed by atoms with E-state index in [9.17, 15) is 4.53 Å². The molecule has 1 N–H and O–H groups in total. The molecule has 0 saturated carbocycles. The molecule has 0 radical (unpaired) electrons. The summed E-state index contributed by atoms with van der Waals surface area (Å²) in [6, 6.07) is 0. The minimum Gasteiger partial charge on any atom is -0.311 e. The van der Waals surface area contributed by atoms with Gasteiger partial charge in [-0.05, 0) is 11.6 Å². The lowest BCUT2D eigenvalue weighted by Gasteiger charge is -2.28. The average molecular weight is 134 g/mol. The second-order valence-electron chi connectivity index (χ2n) is 2.23. The summed E-state index contributed by atoms with van der Waals surface area (Å²) in [6.45, 7) is 2.33. The molecule has 3 nitrogen and oxygen atoms in total. The molecule has 0 spiro atoms. The van der Waals surface area contributed by atoms with Crippen molar-refractivity contribution in [1.29, 1.82) is 0 Å². The Bertz CT molecular complexity index is 91.0. The van der Waals surface area contributed by atoms with Gasteiger partial charge >= 0.3 is 0 Å². The van der Waals surface area contributed by atoms with Gasteiger partial charge in [-0.3, -0.25) is 4.90 Å². The Morgan fingerprint density at radius 1 is 1.78 bits per heavy atom. The molecule has 0 bridgehead atoms. The van der Waals surface area contributed by atoms with Crippen molar-refractivity contribution in [3.05, 3.63) is 0 Å². The molecule has 0 aliphatic carbocycles. The Morgan fingerprint density at radius 2 is 2.56 bits per heavy atom. The zero-order chi connectivity index (χ0) is 6.69. The van der Waals surface area contributed by atoms with Crippen LogP contribution in [-0.4, -0.2) is 37.8 Å². The lowest BCUT2D eigenvalue weighted by Crippen LogP contribution is -2.49. The second kappa shape index (κ2) is 3.10. The maximum Gasteiger partial charge on any atom is 0.163 e. The molecule has 1 rings (SSSR count). The van der Waals surface area contributed by atoms with Crippen molar-refractivity contribution in [2.24, 2.45) is 0 Å². The van der Waals surface area contributed by atoms with Crippen LogP contribution in [0.25, 0.3) is 0 Å². The maximum atomic E-state index is 11.5. The molecule has 4 heteroatoms. The highest BCUT2D eigenvalue weighted by Gasteiger charge is 2.18. The molecule has 1 heterocycles. The van der Waals surface area contributed by atoms with Crippen LogP contribution < -0.4 is 5.32 Å². The fourth-order valence-electron chi connectivity index (χ4n) is 0.880. The van der Waals surface area contributed by atoms with Gasteiger partial charge in [-0.25, -0.2) is 0 Å². The van der Waals surface area contributed by atoms with Crippen molar-refractivity contribution in [2.45, 2.75) is 6.23 Å². The van der Waals surface area contributed by atoms with Crippen LogP contribution in [0.1, 0.15) is 0 Å². The van der Waals surface area contributed by atoms with E-state index in [4.69, 9.17) is 0 Å². The van der Waals surface area contributed by atoms with Crippen molar-refractivity contribution in [2.75, 3.05) is 26.7 Å². The van der Waals surface area contributed by atoms with E-state index in [-0.39, 0.29) is 0 Å². The molecular weight excluding hydrogens is 123 g/mol. The largest absolute Gasteiger partial charge is 0.311 e. The first kappa shape index (κ1) is 6.92. The lowest BCUT2D eigenvalue weighted by atomic mass is 10.4. The standard InChI is InChI=1S/C5H11FN2O/c1-8-3-2-7-4-5(8)9-6/h5,7H,2-4H2,1H3. The van der Waals surface area contributed by atoms with Gasteiger partial charge in [-0.2, -0.15) is 4.94 Å². The van der Waals surface area contributed by atoms with Gasteiger partial charge in [0.05, 0.1) is 0 Å². The van der Waals surface area contributed by atoms with E-state index in [1.54, 1.807) is 0 Å². The van der Waals surface area contributed by atoms with Gasteiger partial charge in [0, 0.05) is 19.6 Å².